The van der Waals surface area contributed by atoms with Crippen LogP contribution in [-0.2, 0) is 20.4 Å². The van der Waals surface area contributed by atoms with Gasteiger partial charge in [-0.15, -0.1) is 0 Å². The summed E-state index contributed by atoms with van der Waals surface area (Å²) >= 11 is 0. The van der Waals surface area contributed by atoms with Crippen molar-refractivity contribution in [2.75, 3.05) is 6.61 Å². The summed E-state index contributed by atoms with van der Waals surface area (Å²) in [6.07, 6.45) is 0. The molecule has 0 aromatic heterocycles. The monoisotopic (exact) mass is 551 g/mol. The van der Waals surface area contributed by atoms with E-state index < -0.39 is 58.1 Å². The molecule has 0 aliphatic rings. The van der Waals surface area contributed by atoms with E-state index in [1.165, 1.54) is 0 Å². The van der Waals surface area contributed by atoms with Crippen molar-refractivity contribution in [1.29, 1.82) is 0 Å². The van der Waals surface area contributed by atoms with Crippen LogP contribution in [0.2, 0.25) is 0 Å². The highest BCUT2D eigenvalue weighted by atomic mass is 32.2. The van der Waals surface area contributed by atoms with Crippen molar-refractivity contribution < 1.29 is 31.8 Å². The van der Waals surface area contributed by atoms with Crippen molar-refractivity contribution in [3.8, 4) is 17.6 Å². The summed E-state index contributed by atoms with van der Waals surface area (Å²) in [7, 11) is -1.23. The van der Waals surface area contributed by atoms with E-state index in [-0.39, 0.29) is 9.79 Å². The summed E-state index contributed by atoms with van der Waals surface area (Å²) in [6, 6.07) is 22.7. The predicted octanol–water partition coefficient (Wildman–Crippen LogP) is 7.09. The van der Waals surface area contributed by atoms with E-state index in [2.05, 4.69) is 11.8 Å². The fourth-order valence-corrected chi connectivity index (χ4v) is 5.77. The molecular weight excluding hydrogens is 528 g/mol. The number of carbonyl (C=O) groups excluding carboxylic acids is 1. The molecule has 0 saturated carbocycles. The molecule has 4 rings (SSSR count). The summed E-state index contributed by atoms with van der Waals surface area (Å²) in [4.78, 5) is 13.3. The first kappa shape index (κ1) is 27.8. The van der Waals surface area contributed by atoms with Crippen LogP contribution in [0.3, 0.4) is 0 Å². The van der Waals surface area contributed by atoms with Crippen LogP contribution in [0.5, 0.6) is 5.75 Å². The lowest BCUT2D eigenvalue weighted by Crippen LogP contribution is -2.29. The fraction of sp³-hybridized carbons (Fsp3) is 0.129. The van der Waals surface area contributed by atoms with Crippen LogP contribution in [0.15, 0.2) is 106 Å². The van der Waals surface area contributed by atoms with Gasteiger partial charge in [0.1, 0.15) is 11.6 Å². The zero-order chi connectivity index (χ0) is 28.0. The quantitative estimate of drug-likeness (QED) is 0.107. The molecule has 0 radical (unpaired) electrons. The number of hydrogen-bond donors (Lipinski definition) is 0. The van der Waals surface area contributed by atoms with Gasteiger partial charge in [-0.2, -0.15) is 0 Å². The molecule has 8 heteroatoms. The van der Waals surface area contributed by atoms with E-state index in [1.807, 2.05) is 18.2 Å². The van der Waals surface area contributed by atoms with Crippen LogP contribution in [0, 0.1) is 35.1 Å². The van der Waals surface area contributed by atoms with Gasteiger partial charge >= 0.3 is 5.97 Å². The third kappa shape index (κ3) is 7.43. The Morgan fingerprint density at radius 1 is 0.769 bits per heavy atom. The van der Waals surface area contributed by atoms with Gasteiger partial charge in [0.15, 0.2) is 44.3 Å². The summed E-state index contributed by atoms with van der Waals surface area (Å²) in [5.41, 5.74) is -0.445. The number of benzene rings is 4. The molecule has 0 saturated heterocycles. The van der Waals surface area contributed by atoms with Gasteiger partial charge < -0.3 is 9.47 Å². The van der Waals surface area contributed by atoms with Crippen LogP contribution in [0.25, 0.3) is 0 Å². The Balaban J connectivity index is 1.53. The molecule has 0 amide bonds. The second-order valence-electron chi connectivity index (χ2n) is 8.83. The summed E-state index contributed by atoms with van der Waals surface area (Å²) in [6.45, 7) is 2.40. The molecule has 1 atom stereocenters. The molecule has 4 aromatic rings. The molecule has 0 aliphatic carbocycles. The first-order valence-electron chi connectivity index (χ1n) is 11.8. The highest BCUT2D eigenvalue weighted by Gasteiger charge is 2.32. The van der Waals surface area contributed by atoms with Gasteiger partial charge in [0, 0.05) is 35.9 Å². The molecule has 3 nitrogen and oxygen atoms in total. The van der Waals surface area contributed by atoms with Crippen LogP contribution >= 0.6 is 0 Å². The minimum atomic E-state index is -1.23. The lowest BCUT2D eigenvalue weighted by molar-refractivity contribution is -0.154. The molecule has 0 heterocycles. The predicted molar refractivity (Wildman–Crippen MR) is 140 cm³/mol. The van der Waals surface area contributed by atoms with Gasteiger partial charge in [0.25, 0.3) is 0 Å². The van der Waals surface area contributed by atoms with E-state index in [4.69, 9.17) is 9.47 Å². The number of ether oxygens (including phenoxy) is 2. The topological polar surface area (TPSA) is 35.5 Å². The molecule has 0 bridgehead atoms. The molecule has 0 fully saturated rings. The Morgan fingerprint density at radius 3 is 1.90 bits per heavy atom. The van der Waals surface area contributed by atoms with Gasteiger partial charge in [-0.1, -0.05) is 48.2 Å². The molecular formula is C31H23F4O3S+. The second kappa shape index (κ2) is 12.1. The number of hydrogen-bond acceptors (Lipinski definition) is 3. The highest BCUT2D eigenvalue weighted by molar-refractivity contribution is 7.97. The van der Waals surface area contributed by atoms with Crippen LogP contribution in [0.1, 0.15) is 19.4 Å². The molecule has 39 heavy (non-hydrogen) atoms. The number of rotatable bonds is 7. The zero-order valence-corrected chi connectivity index (χ0v) is 21.8. The van der Waals surface area contributed by atoms with Gasteiger partial charge in [-0.25, -0.2) is 22.4 Å². The Kier molecular flexibility index (Phi) is 8.62. The van der Waals surface area contributed by atoms with Gasteiger partial charge in [0.2, 0.25) is 0 Å². The van der Waals surface area contributed by atoms with E-state index in [0.717, 1.165) is 35.9 Å². The first-order chi connectivity index (χ1) is 18.6. The number of carbonyl (C=O) groups is 1. The Labute approximate surface area is 226 Å². The lowest BCUT2D eigenvalue weighted by Gasteiger charge is -2.19. The van der Waals surface area contributed by atoms with Crippen molar-refractivity contribution in [1.82, 2.24) is 0 Å². The fourth-order valence-electron chi connectivity index (χ4n) is 3.62. The van der Waals surface area contributed by atoms with Crippen molar-refractivity contribution in [2.45, 2.75) is 34.1 Å². The van der Waals surface area contributed by atoms with Gasteiger partial charge in [0.05, 0.1) is 10.9 Å². The van der Waals surface area contributed by atoms with E-state index in [0.29, 0.717) is 4.90 Å². The number of esters is 1. The van der Waals surface area contributed by atoms with Crippen molar-refractivity contribution in [3.05, 3.63) is 120 Å². The molecule has 4 aromatic carbocycles. The second-order valence-corrected chi connectivity index (χ2v) is 10.9. The Hall–Kier alpha value is -4.22. The Morgan fingerprint density at radius 2 is 1.31 bits per heavy atom. The molecule has 0 N–H and O–H groups in total. The van der Waals surface area contributed by atoms with Crippen molar-refractivity contribution >= 4 is 16.9 Å². The minimum absolute atomic E-state index is 0.133. The summed E-state index contributed by atoms with van der Waals surface area (Å²) in [5, 5.41) is 0. The highest BCUT2D eigenvalue weighted by Crippen LogP contribution is 2.35. The molecule has 1 unspecified atom stereocenters. The standard InChI is InChI=1S/C31H23F4O3S/c1-31(2,14-13-21-9-5-3-6-10-21)38-29(36)20-37-30-27(34)18-26(19-28(30)35)39(24-11-7-4-8-12-24)25-16-22(32)15-23(33)17-25/h3-12,15-19H,20H2,1-2H3/q+1. The summed E-state index contributed by atoms with van der Waals surface area (Å²) < 4.78 is 68.6. The summed E-state index contributed by atoms with van der Waals surface area (Å²) in [5.74, 6) is 0.316. The third-order valence-electron chi connectivity index (χ3n) is 5.24. The molecule has 198 valence electrons. The van der Waals surface area contributed by atoms with Crippen LogP contribution < -0.4 is 4.74 Å². The van der Waals surface area contributed by atoms with Gasteiger partial charge in [-0.3, -0.25) is 0 Å². The lowest BCUT2D eigenvalue weighted by atomic mass is 10.1. The van der Waals surface area contributed by atoms with Crippen molar-refractivity contribution in [3.63, 3.8) is 0 Å². The molecule has 0 aliphatic heterocycles. The number of halogens is 4. The van der Waals surface area contributed by atoms with Gasteiger partial charge in [-0.05, 0) is 38.1 Å². The smallest absolute Gasteiger partial charge is 0.345 e. The maximum absolute atomic E-state index is 15.1. The third-order valence-corrected chi connectivity index (χ3v) is 7.40. The van der Waals surface area contributed by atoms with Crippen LogP contribution in [0.4, 0.5) is 17.6 Å². The first-order valence-corrected chi connectivity index (χ1v) is 13.0. The zero-order valence-electron chi connectivity index (χ0n) is 21.0. The van der Waals surface area contributed by atoms with Crippen molar-refractivity contribution in [2.24, 2.45) is 0 Å². The maximum atomic E-state index is 15.1. The molecule has 0 spiro atoms. The van der Waals surface area contributed by atoms with Crippen LogP contribution in [-0.4, -0.2) is 18.2 Å². The Bertz CT molecular complexity index is 1490. The average Bonchev–Trinajstić information content (AvgIpc) is 2.88. The normalized spacial score (nSPS) is 11.7. The SMILES string of the molecule is CC(C)(C#Cc1ccccc1)OC(=O)COc1c(F)cc([S+](c2ccccc2)c2cc(F)cc(F)c2)cc1F. The average molecular weight is 552 g/mol. The largest absolute Gasteiger partial charge is 0.476 e. The maximum Gasteiger partial charge on any atom is 0.345 e. The van der Waals surface area contributed by atoms with E-state index in [1.54, 1.807) is 56.3 Å². The van der Waals surface area contributed by atoms with E-state index >= 15 is 8.78 Å². The van der Waals surface area contributed by atoms with E-state index in [9.17, 15) is 13.6 Å². The minimum Gasteiger partial charge on any atom is -0.476 e.